The Balaban J connectivity index is 1.77. The summed E-state index contributed by atoms with van der Waals surface area (Å²) in [6.07, 6.45) is 1.92. The van der Waals surface area contributed by atoms with Gasteiger partial charge in [-0.05, 0) is 32.0 Å². The zero-order valence-electron chi connectivity index (χ0n) is 13.3. The maximum absolute atomic E-state index is 4.68. The lowest BCUT2D eigenvalue weighted by molar-refractivity contribution is 0.770. The molecular formula is C18H20N4S. The van der Waals surface area contributed by atoms with Crippen molar-refractivity contribution in [3.63, 3.8) is 0 Å². The number of hydrogen-bond donors (Lipinski definition) is 2. The van der Waals surface area contributed by atoms with Gasteiger partial charge in [-0.15, -0.1) is 17.9 Å². The van der Waals surface area contributed by atoms with Gasteiger partial charge in [-0.1, -0.05) is 24.3 Å². The molecule has 1 aromatic carbocycles. The Morgan fingerprint density at radius 2 is 2.00 bits per heavy atom. The van der Waals surface area contributed by atoms with E-state index in [1.54, 1.807) is 11.3 Å². The fourth-order valence-electron chi connectivity index (χ4n) is 2.57. The summed E-state index contributed by atoms with van der Waals surface area (Å²) in [6.45, 7) is 8.89. The minimum atomic E-state index is 0.822. The standard InChI is InChI=1S/C18H20N4S/c1-4-10-22-13(2)11-16(14(22)3)17-12-23-18(19-17)21-20-15-8-6-5-7-9-15/h4-9,11-12,20H,1,10H2,2-3H3,(H,19,21). The molecule has 0 radical (unpaired) electrons. The number of allylic oxidation sites excluding steroid dienone is 1. The van der Waals surface area contributed by atoms with Gasteiger partial charge in [0.15, 0.2) is 0 Å². The molecule has 23 heavy (non-hydrogen) atoms. The first-order valence-corrected chi connectivity index (χ1v) is 8.37. The van der Waals surface area contributed by atoms with E-state index in [2.05, 4.69) is 52.3 Å². The highest BCUT2D eigenvalue weighted by atomic mass is 32.1. The van der Waals surface area contributed by atoms with Gasteiger partial charge in [0.1, 0.15) is 0 Å². The number of hydrazine groups is 1. The zero-order valence-corrected chi connectivity index (χ0v) is 14.2. The second-order valence-corrected chi connectivity index (χ2v) is 6.20. The van der Waals surface area contributed by atoms with Crippen molar-refractivity contribution in [3.05, 3.63) is 65.8 Å². The van der Waals surface area contributed by atoms with E-state index in [-0.39, 0.29) is 0 Å². The third-order valence-corrected chi connectivity index (χ3v) is 4.51. The smallest absolute Gasteiger partial charge is 0.202 e. The van der Waals surface area contributed by atoms with Crippen LogP contribution in [0.15, 0.2) is 54.4 Å². The second kappa shape index (κ2) is 6.71. The molecule has 2 aromatic heterocycles. The van der Waals surface area contributed by atoms with Crippen molar-refractivity contribution in [1.82, 2.24) is 9.55 Å². The van der Waals surface area contributed by atoms with Crippen LogP contribution in [-0.2, 0) is 6.54 Å². The molecule has 0 fully saturated rings. The van der Waals surface area contributed by atoms with Gasteiger partial charge in [-0.3, -0.25) is 10.9 Å². The number of aryl methyl sites for hydroxylation is 1. The molecule has 2 heterocycles. The normalized spacial score (nSPS) is 10.5. The fraction of sp³-hybridized carbons (Fsp3) is 0.167. The summed E-state index contributed by atoms with van der Waals surface area (Å²) in [7, 11) is 0. The summed E-state index contributed by atoms with van der Waals surface area (Å²) in [5, 5.41) is 2.92. The highest BCUT2D eigenvalue weighted by Crippen LogP contribution is 2.30. The molecule has 0 aliphatic rings. The van der Waals surface area contributed by atoms with Crippen LogP contribution in [0.4, 0.5) is 10.8 Å². The Morgan fingerprint density at radius 1 is 1.22 bits per heavy atom. The highest BCUT2D eigenvalue weighted by Gasteiger charge is 2.13. The first-order chi connectivity index (χ1) is 11.2. The molecule has 0 bridgehead atoms. The molecular weight excluding hydrogens is 304 g/mol. The molecule has 0 spiro atoms. The Hall–Kier alpha value is -2.53. The number of benzene rings is 1. The molecule has 3 rings (SSSR count). The van der Waals surface area contributed by atoms with E-state index < -0.39 is 0 Å². The van der Waals surface area contributed by atoms with Crippen LogP contribution < -0.4 is 10.9 Å². The maximum Gasteiger partial charge on any atom is 0.202 e. The maximum atomic E-state index is 4.68. The Kier molecular flexibility index (Phi) is 4.48. The number of rotatable bonds is 6. The minimum absolute atomic E-state index is 0.822. The van der Waals surface area contributed by atoms with Crippen LogP contribution in [-0.4, -0.2) is 9.55 Å². The van der Waals surface area contributed by atoms with E-state index >= 15 is 0 Å². The molecule has 0 amide bonds. The van der Waals surface area contributed by atoms with Crippen LogP contribution in [0.2, 0.25) is 0 Å². The molecule has 5 heteroatoms. The Labute approximate surface area is 140 Å². The third-order valence-electron chi connectivity index (χ3n) is 3.75. The number of aromatic nitrogens is 2. The first-order valence-electron chi connectivity index (χ1n) is 7.49. The Bertz CT molecular complexity index is 802. The quantitative estimate of drug-likeness (QED) is 0.503. The lowest BCUT2D eigenvalue weighted by Gasteiger charge is -2.06. The van der Waals surface area contributed by atoms with Gasteiger partial charge >= 0.3 is 0 Å². The summed E-state index contributed by atoms with van der Waals surface area (Å²) < 4.78 is 2.25. The van der Waals surface area contributed by atoms with Crippen LogP contribution in [0.5, 0.6) is 0 Å². The minimum Gasteiger partial charge on any atom is -0.345 e. The average Bonchev–Trinajstić information content (AvgIpc) is 3.14. The van der Waals surface area contributed by atoms with Crippen LogP contribution >= 0.6 is 11.3 Å². The van der Waals surface area contributed by atoms with Crippen LogP contribution in [0, 0.1) is 13.8 Å². The molecule has 0 saturated heterocycles. The molecule has 0 unspecified atom stereocenters. The van der Waals surface area contributed by atoms with Gasteiger partial charge in [0.2, 0.25) is 5.13 Å². The summed E-state index contributed by atoms with van der Waals surface area (Å²) in [4.78, 5) is 4.68. The fourth-order valence-corrected chi connectivity index (χ4v) is 3.24. The van der Waals surface area contributed by atoms with Gasteiger partial charge in [-0.25, -0.2) is 4.98 Å². The van der Waals surface area contributed by atoms with Gasteiger partial charge < -0.3 is 4.57 Å². The number of para-hydroxylation sites is 1. The molecule has 0 aliphatic carbocycles. The summed E-state index contributed by atoms with van der Waals surface area (Å²) in [6, 6.07) is 12.2. The molecule has 3 aromatic rings. The Morgan fingerprint density at radius 3 is 2.74 bits per heavy atom. The second-order valence-electron chi connectivity index (χ2n) is 5.34. The first kappa shape index (κ1) is 15.4. The molecule has 4 nitrogen and oxygen atoms in total. The predicted molar refractivity (Wildman–Crippen MR) is 98.9 cm³/mol. The number of anilines is 2. The van der Waals surface area contributed by atoms with E-state index in [1.165, 1.54) is 17.0 Å². The molecule has 118 valence electrons. The summed E-state index contributed by atoms with van der Waals surface area (Å²) in [5.41, 5.74) is 11.9. The van der Waals surface area contributed by atoms with E-state index in [1.807, 2.05) is 36.4 Å². The molecule has 0 atom stereocenters. The SMILES string of the molecule is C=CCn1c(C)cc(-c2csc(NNc3ccccc3)n2)c1C. The van der Waals surface area contributed by atoms with Gasteiger partial charge in [0.05, 0.1) is 11.4 Å². The van der Waals surface area contributed by atoms with E-state index in [4.69, 9.17) is 0 Å². The largest absolute Gasteiger partial charge is 0.345 e. The number of hydrogen-bond acceptors (Lipinski definition) is 4. The van der Waals surface area contributed by atoms with E-state index in [0.29, 0.717) is 0 Å². The average molecular weight is 324 g/mol. The van der Waals surface area contributed by atoms with Crippen LogP contribution in [0.3, 0.4) is 0 Å². The van der Waals surface area contributed by atoms with Crippen molar-refractivity contribution >= 4 is 22.2 Å². The van der Waals surface area contributed by atoms with Crippen LogP contribution in [0.25, 0.3) is 11.3 Å². The lowest BCUT2D eigenvalue weighted by Crippen LogP contribution is -2.07. The summed E-state index contributed by atoms with van der Waals surface area (Å²) >= 11 is 1.59. The van der Waals surface area contributed by atoms with Crippen molar-refractivity contribution in [1.29, 1.82) is 0 Å². The van der Waals surface area contributed by atoms with Gasteiger partial charge in [-0.2, -0.15) is 0 Å². The number of thiazole rings is 1. The topological polar surface area (TPSA) is 41.9 Å². The van der Waals surface area contributed by atoms with Crippen molar-refractivity contribution in [2.45, 2.75) is 20.4 Å². The molecule has 0 aliphatic heterocycles. The highest BCUT2D eigenvalue weighted by molar-refractivity contribution is 7.14. The van der Waals surface area contributed by atoms with Gasteiger partial charge in [0, 0.05) is 28.9 Å². The van der Waals surface area contributed by atoms with Crippen molar-refractivity contribution < 1.29 is 0 Å². The van der Waals surface area contributed by atoms with E-state index in [0.717, 1.165) is 23.1 Å². The van der Waals surface area contributed by atoms with E-state index in [9.17, 15) is 0 Å². The summed E-state index contributed by atoms with van der Waals surface area (Å²) in [5.74, 6) is 0. The molecule has 0 saturated carbocycles. The monoisotopic (exact) mass is 324 g/mol. The van der Waals surface area contributed by atoms with Crippen molar-refractivity contribution in [3.8, 4) is 11.3 Å². The van der Waals surface area contributed by atoms with Gasteiger partial charge in [0.25, 0.3) is 0 Å². The lowest BCUT2D eigenvalue weighted by atomic mass is 10.2. The third kappa shape index (κ3) is 3.29. The number of nitrogens with zero attached hydrogens (tertiary/aromatic N) is 2. The van der Waals surface area contributed by atoms with Crippen molar-refractivity contribution in [2.24, 2.45) is 0 Å². The van der Waals surface area contributed by atoms with Crippen LogP contribution in [0.1, 0.15) is 11.4 Å². The van der Waals surface area contributed by atoms with Crippen molar-refractivity contribution in [2.75, 3.05) is 10.9 Å². The zero-order chi connectivity index (χ0) is 16.2. The molecule has 2 N–H and O–H groups in total. The predicted octanol–water partition coefficient (Wildman–Crippen LogP) is 4.85. The number of nitrogens with one attached hydrogen (secondary N) is 2.